The molecule has 0 unspecified atom stereocenters. The fourth-order valence-electron chi connectivity index (χ4n) is 3.78. The molecule has 0 aromatic heterocycles. The van der Waals surface area contributed by atoms with Crippen LogP contribution in [0.15, 0.2) is 23.1 Å². The molecule has 152 valence electrons. The molecule has 3 atom stereocenters. The molecule has 0 aliphatic carbocycles. The van der Waals surface area contributed by atoms with Gasteiger partial charge in [0.2, 0.25) is 5.91 Å². The second-order valence-electron chi connectivity index (χ2n) is 7.63. The Kier molecular flexibility index (Phi) is 8.77. The summed E-state index contributed by atoms with van der Waals surface area (Å²) >= 11 is 1.53. The van der Waals surface area contributed by atoms with Crippen molar-refractivity contribution < 1.29 is 14.3 Å². The van der Waals surface area contributed by atoms with Crippen molar-refractivity contribution in [3.05, 3.63) is 18.2 Å². The summed E-state index contributed by atoms with van der Waals surface area (Å²) in [6, 6.07) is 5.73. The van der Waals surface area contributed by atoms with Crippen LogP contribution in [-0.4, -0.2) is 56.5 Å². The molecule has 0 radical (unpaired) electrons. The van der Waals surface area contributed by atoms with Gasteiger partial charge in [-0.05, 0) is 56.3 Å². The van der Waals surface area contributed by atoms with Gasteiger partial charge in [0.1, 0.15) is 0 Å². The Morgan fingerprint density at radius 3 is 2.52 bits per heavy atom. The minimum atomic E-state index is -0.155. The first-order chi connectivity index (χ1) is 12.9. The van der Waals surface area contributed by atoms with E-state index in [2.05, 4.69) is 24.1 Å². The number of carbonyl (C=O) groups excluding carboxylic acids is 1. The van der Waals surface area contributed by atoms with Crippen molar-refractivity contribution in [2.24, 2.45) is 11.8 Å². The number of rotatable bonds is 9. The van der Waals surface area contributed by atoms with Crippen LogP contribution in [0.3, 0.4) is 0 Å². The first kappa shape index (κ1) is 21.9. The largest absolute Gasteiger partial charge is 0.493 e. The summed E-state index contributed by atoms with van der Waals surface area (Å²) in [4.78, 5) is 15.9. The monoisotopic (exact) mass is 394 g/mol. The molecule has 0 spiro atoms. The Hall–Kier alpha value is -1.40. The Morgan fingerprint density at radius 1 is 1.22 bits per heavy atom. The van der Waals surface area contributed by atoms with Crippen molar-refractivity contribution in [2.45, 2.75) is 43.8 Å². The van der Waals surface area contributed by atoms with Gasteiger partial charge < -0.3 is 19.7 Å². The lowest BCUT2D eigenvalue weighted by molar-refractivity contribution is -0.120. The molecular weight excluding hydrogens is 360 g/mol. The van der Waals surface area contributed by atoms with E-state index in [4.69, 9.17) is 9.47 Å². The number of methoxy groups -OCH3 is 2. The second kappa shape index (κ2) is 10.8. The predicted molar refractivity (Wildman–Crippen MR) is 112 cm³/mol. The van der Waals surface area contributed by atoms with Crippen LogP contribution < -0.4 is 14.8 Å². The van der Waals surface area contributed by atoms with Crippen LogP contribution in [0.4, 0.5) is 0 Å². The van der Waals surface area contributed by atoms with Crippen LogP contribution in [-0.2, 0) is 4.79 Å². The quantitative estimate of drug-likeness (QED) is 0.512. The minimum absolute atomic E-state index is 0.0789. The lowest BCUT2D eigenvalue weighted by atomic mass is 9.92. The van der Waals surface area contributed by atoms with Gasteiger partial charge in [-0.1, -0.05) is 13.8 Å². The number of nitrogens with one attached hydrogen (secondary N) is 1. The van der Waals surface area contributed by atoms with E-state index in [9.17, 15) is 4.79 Å². The summed E-state index contributed by atoms with van der Waals surface area (Å²) in [6.45, 7) is 10.8. The van der Waals surface area contributed by atoms with E-state index in [1.54, 1.807) is 14.2 Å². The van der Waals surface area contributed by atoms with Gasteiger partial charge >= 0.3 is 0 Å². The lowest BCUT2D eigenvalue weighted by Crippen LogP contribution is -2.40. The van der Waals surface area contributed by atoms with Gasteiger partial charge in [0.05, 0.1) is 19.5 Å². The highest BCUT2D eigenvalue weighted by Crippen LogP contribution is 2.33. The van der Waals surface area contributed by atoms with E-state index < -0.39 is 0 Å². The standard InChI is InChI=1S/C21H34N2O3S/c1-15-11-16(2)14-23(13-15)10-6-9-22-21(24)17(3)27-18-7-8-19(25-4)20(12-18)26-5/h7-8,12,15-17H,6,9-11,13-14H2,1-5H3,(H,22,24)/t15-,16+,17-/m1/s1. The third-order valence-corrected chi connectivity index (χ3v) is 6.03. The highest BCUT2D eigenvalue weighted by atomic mass is 32.2. The molecule has 0 bridgehead atoms. The molecule has 1 fully saturated rings. The van der Waals surface area contributed by atoms with Gasteiger partial charge in [-0.3, -0.25) is 4.79 Å². The van der Waals surface area contributed by atoms with Gasteiger partial charge in [0.25, 0.3) is 0 Å². The molecule has 1 aromatic rings. The zero-order chi connectivity index (χ0) is 19.8. The number of piperidine rings is 1. The van der Waals surface area contributed by atoms with Crippen LogP contribution in [0.1, 0.15) is 33.6 Å². The maximum absolute atomic E-state index is 12.4. The number of hydrogen-bond donors (Lipinski definition) is 1. The maximum Gasteiger partial charge on any atom is 0.233 e. The summed E-state index contributed by atoms with van der Waals surface area (Å²) in [7, 11) is 3.23. The van der Waals surface area contributed by atoms with Crippen molar-refractivity contribution in [3.63, 3.8) is 0 Å². The number of likely N-dealkylation sites (tertiary alicyclic amines) is 1. The van der Waals surface area contributed by atoms with E-state index >= 15 is 0 Å². The molecule has 1 aromatic carbocycles. The van der Waals surface area contributed by atoms with E-state index in [-0.39, 0.29) is 11.2 Å². The fourth-order valence-corrected chi connectivity index (χ4v) is 4.70. The van der Waals surface area contributed by atoms with E-state index in [1.165, 1.54) is 31.3 Å². The van der Waals surface area contributed by atoms with Gasteiger partial charge in [0.15, 0.2) is 11.5 Å². The Balaban J connectivity index is 1.72. The SMILES string of the molecule is COc1ccc(S[C@H](C)C(=O)NCCCN2C[C@H](C)C[C@H](C)C2)cc1OC. The molecule has 1 saturated heterocycles. The first-order valence-electron chi connectivity index (χ1n) is 9.81. The molecule has 2 rings (SSSR count). The molecule has 1 aliphatic rings. The smallest absolute Gasteiger partial charge is 0.233 e. The fraction of sp³-hybridized carbons (Fsp3) is 0.667. The molecule has 5 nitrogen and oxygen atoms in total. The molecule has 1 aliphatic heterocycles. The number of hydrogen-bond acceptors (Lipinski definition) is 5. The average molecular weight is 395 g/mol. The second-order valence-corrected chi connectivity index (χ2v) is 9.04. The third kappa shape index (κ3) is 6.92. The topological polar surface area (TPSA) is 50.8 Å². The molecule has 1 amide bonds. The van der Waals surface area contributed by atoms with Gasteiger partial charge in [0, 0.05) is 24.5 Å². The van der Waals surface area contributed by atoms with Crippen LogP contribution in [0.2, 0.25) is 0 Å². The van der Waals surface area contributed by atoms with Crippen molar-refractivity contribution >= 4 is 17.7 Å². The Bertz CT molecular complexity index is 601. The number of carbonyl (C=O) groups is 1. The number of thioether (sulfide) groups is 1. The van der Waals surface area contributed by atoms with Gasteiger partial charge in [-0.25, -0.2) is 0 Å². The Morgan fingerprint density at radius 2 is 1.89 bits per heavy atom. The van der Waals surface area contributed by atoms with E-state index in [0.717, 1.165) is 36.2 Å². The summed E-state index contributed by atoms with van der Waals surface area (Å²) < 4.78 is 10.6. The number of nitrogens with zero attached hydrogens (tertiary/aromatic N) is 1. The molecule has 1 heterocycles. The summed E-state index contributed by atoms with van der Waals surface area (Å²) in [5.74, 6) is 3.01. The number of ether oxygens (including phenoxy) is 2. The molecule has 6 heteroatoms. The predicted octanol–water partition coefficient (Wildman–Crippen LogP) is 3.67. The van der Waals surface area contributed by atoms with Crippen LogP contribution in [0.25, 0.3) is 0 Å². The van der Waals surface area contributed by atoms with Crippen molar-refractivity contribution in [2.75, 3.05) is 40.4 Å². The third-order valence-electron chi connectivity index (χ3n) is 4.93. The highest BCUT2D eigenvalue weighted by molar-refractivity contribution is 8.00. The van der Waals surface area contributed by atoms with Gasteiger partial charge in [-0.15, -0.1) is 11.8 Å². The summed E-state index contributed by atoms with van der Waals surface area (Å²) in [5.41, 5.74) is 0. The minimum Gasteiger partial charge on any atom is -0.493 e. The molecule has 1 N–H and O–H groups in total. The zero-order valence-electron chi connectivity index (χ0n) is 17.3. The number of benzene rings is 1. The van der Waals surface area contributed by atoms with Crippen molar-refractivity contribution in [3.8, 4) is 11.5 Å². The zero-order valence-corrected chi connectivity index (χ0v) is 18.1. The van der Waals surface area contributed by atoms with Gasteiger partial charge in [-0.2, -0.15) is 0 Å². The van der Waals surface area contributed by atoms with Crippen molar-refractivity contribution in [1.82, 2.24) is 10.2 Å². The average Bonchev–Trinajstić information content (AvgIpc) is 2.64. The van der Waals surface area contributed by atoms with E-state index in [0.29, 0.717) is 11.5 Å². The first-order valence-corrected chi connectivity index (χ1v) is 10.7. The Labute approximate surface area is 168 Å². The highest BCUT2D eigenvalue weighted by Gasteiger charge is 2.21. The lowest BCUT2D eigenvalue weighted by Gasteiger charge is -2.34. The summed E-state index contributed by atoms with van der Waals surface area (Å²) in [5, 5.41) is 2.92. The molecular formula is C21H34N2O3S. The molecule has 27 heavy (non-hydrogen) atoms. The summed E-state index contributed by atoms with van der Waals surface area (Å²) in [6.07, 6.45) is 2.33. The molecule has 0 saturated carbocycles. The number of amides is 1. The van der Waals surface area contributed by atoms with E-state index in [1.807, 2.05) is 25.1 Å². The van der Waals surface area contributed by atoms with Crippen LogP contribution in [0, 0.1) is 11.8 Å². The van der Waals surface area contributed by atoms with Crippen LogP contribution in [0.5, 0.6) is 11.5 Å². The van der Waals surface area contributed by atoms with Crippen molar-refractivity contribution in [1.29, 1.82) is 0 Å². The van der Waals surface area contributed by atoms with Crippen LogP contribution >= 0.6 is 11.8 Å². The maximum atomic E-state index is 12.4. The normalized spacial score (nSPS) is 21.5.